The second kappa shape index (κ2) is 3.87. The van der Waals surface area contributed by atoms with E-state index in [9.17, 15) is 9.90 Å². The van der Waals surface area contributed by atoms with E-state index in [0.717, 1.165) is 12.5 Å². The fraction of sp³-hybridized carbons (Fsp3) is 0.900. The average Bonchev–Trinajstić information content (AvgIpc) is 2.88. The largest absolute Gasteiger partial charge is 0.382 e. The molecule has 0 aromatic rings. The number of carbonyl (C=O) groups is 1. The summed E-state index contributed by atoms with van der Waals surface area (Å²) in [4.78, 5) is 13.0. The molecule has 2 rings (SSSR count). The zero-order chi connectivity index (χ0) is 10.1. The number of carbonyl (C=O) groups excluding carboxylic acids is 1. The maximum Gasteiger partial charge on any atom is 0.247 e. The van der Waals surface area contributed by atoms with Crippen LogP contribution in [0.5, 0.6) is 0 Å². The van der Waals surface area contributed by atoms with Gasteiger partial charge in [-0.3, -0.25) is 9.69 Å². The number of hydrogen-bond acceptors (Lipinski definition) is 3. The van der Waals surface area contributed by atoms with Gasteiger partial charge >= 0.3 is 0 Å². The minimum absolute atomic E-state index is 0.427. The van der Waals surface area contributed by atoms with Gasteiger partial charge in [-0.15, -0.1) is 0 Å². The predicted molar refractivity (Wildman–Crippen MR) is 52.5 cm³/mol. The molecule has 80 valence electrons. The summed E-state index contributed by atoms with van der Waals surface area (Å²) < 4.78 is 0. The second-order valence-corrected chi connectivity index (χ2v) is 4.46. The molecule has 2 fully saturated rings. The first-order valence-electron chi connectivity index (χ1n) is 5.40. The lowest BCUT2D eigenvalue weighted by Crippen LogP contribution is -2.42. The van der Waals surface area contributed by atoms with Gasteiger partial charge in [0.15, 0.2) is 0 Å². The number of rotatable bonds is 4. The van der Waals surface area contributed by atoms with E-state index < -0.39 is 12.0 Å². The fourth-order valence-electron chi connectivity index (χ4n) is 2.41. The number of likely N-dealkylation sites (tertiary alicyclic amines) is 1. The summed E-state index contributed by atoms with van der Waals surface area (Å²) >= 11 is 0. The number of primary amides is 1. The van der Waals surface area contributed by atoms with Crippen molar-refractivity contribution in [3.63, 3.8) is 0 Å². The highest BCUT2D eigenvalue weighted by molar-refractivity contribution is 5.78. The molecule has 1 saturated heterocycles. The van der Waals surface area contributed by atoms with E-state index >= 15 is 0 Å². The molecule has 0 bridgehead atoms. The van der Waals surface area contributed by atoms with Crippen LogP contribution in [0.25, 0.3) is 0 Å². The molecule has 1 aliphatic carbocycles. The third-order valence-corrected chi connectivity index (χ3v) is 3.32. The maximum absolute atomic E-state index is 10.7. The van der Waals surface area contributed by atoms with Crippen molar-refractivity contribution < 1.29 is 9.90 Å². The van der Waals surface area contributed by atoms with Gasteiger partial charge in [-0.1, -0.05) is 0 Å². The highest BCUT2D eigenvalue weighted by Crippen LogP contribution is 2.39. The van der Waals surface area contributed by atoms with Gasteiger partial charge in [0.1, 0.15) is 6.10 Å². The van der Waals surface area contributed by atoms with Crippen LogP contribution in [0.3, 0.4) is 0 Å². The average molecular weight is 198 g/mol. The highest BCUT2D eigenvalue weighted by atomic mass is 16.3. The maximum atomic E-state index is 10.7. The Bertz CT molecular complexity index is 228. The number of aliphatic hydroxyl groups excluding tert-OH is 1. The molecule has 1 aliphatic heterocycles. The number of amides is 1. The first-order valence-corrected chi connectivity index (χ1v) is 5.40. The van der Waals surface area contributed by atoms with Crippen LogP contribution in [-0.2, 0) is 4.79 Å². The van der Waals surface area contributed by atoms with Crippen molar-refractivity contribution in [2.75, 3.05) is 13.1 Å². The summed E-state index contributed by atoms with van der Waals surface area (Å²) in [6.07, 6.45) is 4.04. The third kappa shape index (κ3) is 2.07. The summed E-state index contributed by atoms with van der Waals surface area (Å²) in [7, 11) is 0. The number of β-amino-alcohol motifs (C(OH)–C–C–N with tert-alkyl or cyclic N) is 1. The third-order valence-electron chi connectivity index (χ3n) is 3.32. The molecule has 1 unspecified atom stereocenters. The lowest BCUT2D eigenvalue weighted by atomic mass is 10.1. The number of nitrogens with two attached hydrogens (primary N) is 1. The molecule has 1 amide bonds. The van der Waals surface area contributed by atoms with Crippen molar-refractivity contribution in [3.8, 4) is 0 Å². The Labute approximate surface area is 84.1 Å². The minimum atomic E-state index is -0.991. The first-order chi connectivity index (χ1) is 6.68. The molecule has 4 heteroatoms. The van der Waals surface area contributed by atoms with Crippen molar-refractivity contribution in [3.05, 3.63) is 0 Å². The smallest absolute Gasteiger partial charge is 0.247 e. The normalized spacial score (nSPS) is 30.5. The SMILES string of the molecule is NC(=O)[C@H](O)CN1CCCC1C1CC1. The number of nitrogens with zero attached hydrogens (tertiary/aromatic N) is 1. The molecule has 0 aromatic carbocycles. The van der Waals surface area contributed by atoms with Crippen LogP contribution in [0.2, 0.25) is 0 Å². The summed E-state index contributed by atoms with van der Waals surface area (Å²) in [6.45, 7) is 1.43. The van der Waals surface area contributed by atoms with Gasteiger partial charge in [-0.2, -0.15) is 0 Å². The molecule has 4 nitrogen and oxygen atoms in total. The van der Waals surface area contributed by atoms with Crippen LogP contribution in [0.15, 0.2) is 0 Å². The Morgan fingerprint density at radius 1 is 1.50 bits per heavy atom. The molecule has 3 N–H and O–H groups in total. The van der Waals surface area contributed by atoms with Crippen LogP contribution in [-0.4, -0.2) is 41.1 Å². The molecule has 1 saturated carbocycles. The molecule has 1 heterocycles. The zero-order valence-corrected chi connectivity index (χ0v) is 8.35. The van der Waals surface area contributed by atoms with Crippen LogP contribution in [0, 0.1) is 5.92 Å². The van der Waals surface area contributed by atoms with Gasteiger partial charge in [0.2, 0.25) is 5.91 Å². The number of aliphatic hydroxyl groups is 1. The summed E-state index contributed by atoms with van der Waals surface area (Å²) in [5.41, 5.74) is 5.04. The quantitative estimate of drug-likeness (QED) is 0.652. The van der Waals surface area contributed by atoms with Gasteiger partial charge in [0.25, 0.3) is 0 Å². The van der Waals surface area contributed by atoms with Gasteiger partial charge in [-0.25, -0.2) is 0 Å². The monoisotopic (exact) mass is 198 g/mol. The molecule has 0 spiro atoms. The van der Waals surface area contributed by atoms with E-state index in [4.69, 9.17) is 5.73 Å². The zero-order valence-electron chi connectivity index (χ0n) is 8.35. The van der Waals surface area contributed by atoms with Crippen molar-refractivity contribution >= 4 is 5.91 Å². The summed E-state index contributed by atoms with van der Waals surface area (Å²) in [6, 6.07) is 0.601. The Hall–Kier alpha value is -0.610. The Balaban J connectivity index is 1.86. The molecule has 0 radical (unpaired) electrons. The summed E-state index contributed by atoms with van der Waals surface area (Å²) in [5.74, 6) is 0.212. The standard InChI is InChI=1S/C10H18N2O2/c11-10(14)9(13)6-12-5-1-2-8(12)7-3-4-7/h7-9,13H,1-6H2,(H2,11,14)/t8?,9-/m1/s1. The molecule has 14 heavy (non-hydrogen) atoms. The van der Waals surface area contributed by atoms with Crippen molar-refractivity contribution in [2.45, 2.75) is 37.8 Å². The summed E-state index contributed by atoms with van der Waals surface area (Å²) in [5, 5.41) is 9.39. The molecule has 0 aromatic heterocycles. The van der Waals surface area contributed by atoms with E-state index in [2.05, 4.69) is 4.90 Å². The van der Waals surface area contributed by atoms with Crippen molar-refractivity contribution in [1.29, 1.82) is 0 Å². The van der Waals surface area contributed by atoms with Crippen LogP contribution < -0.4 is 5.73 Å². The Kier molecular flexibility index (Phi) is 2.74. The topological polar surface area (TPSA) is 66.6 Å². The van der Waals surface area contributed by atoms with E-state index in [-0.39, 0.29) is 0 Å². The van der Waals surface area contributed by atoms with Crippen LogP contribution >= 0.6 is 0 Å². The predicted octanol–water partition coefficient (Wildman–Crippen LogP) is -0.293. The molecule has 2 aliphatic rings. The van der Waals surface area contributed by atoms with E-state index in [1.807, 2.05) is 0 Å². The molecule has 2 atom stereocenters. The van der Waals surface area contributed by atoms with Crippen molar-refractivity contribution in [2.24, 2.45) is 11.7 Å². The fourth-order valence-corrected chi connectivity index (χ4v) is 2.41. The van der Waals surface area contributed by atoms with E-state index in [1.165, 1.54) is 25.7 Å². The van der Waals surface area contributed by atoms with E-state index in [1.54, 1.807) is 0 Å². The minimum Gasteiger partial charge on any atom is -0.382 e. The van der Waals surface area contributed by atoms with Crippen LogP contribution in [0.1, 0.15) is 25.7 Å². The van der Waals surface area contributed by atoms with Gasteiger partial charge in [0, 0.05) is 12.6 Å². The first kappa shape index (κ1) is 9.93. The lowest BCUT2D eigenvalue weighted by Gasteiger charge is -2.25. The van der Waals surface area contributed by atoms with Gasteiger partial charge in [-0.05, 0) is 38.1 Å². The Morgan fingerprint density at radius 3 is 2.79 bits per heavy atom. The van der Waals surface area contributed by atoms with Gasteiger partial charge in [0.05, 0.1) is 0 Å². The Morgan fingerprint density at radius 2 is 2.21 bits per heavy atom. The van der Waals surface area contributed by atoms with Crippen molar-refractivity contribution in [1.82, 2.24) is 4.90 Å². The molecular formula is C10H18N2O2. The van der Waals surface area contributed by atoms with Gasteiger partial charge < -0.3 is 10.8 Å². The molecular weight excluding hydrogens is 180 g/mol. The lowest BCUT2D eigenvalue weighted by molar-refractivity contribution is -0.127. The highest BCUT2D eigenvalue weighted by Gasteiger charge is 2.38. The second-order valence-electron chi connectivity index (χ2n) is 4.46. The number of hydrogen-bond donors (Lipinski definition) is 2. The van der Waals surface area contributed by atoms with Crippen LogP contribution in [0.4, 0.5) is 0 Å². The van der Waals surface area contributed by atoms with E-state index in [0.29, 0.717) is 12.6 Å².